The van der Waals surface area contributed by atoms with Crippen LogP contribution in [0.5, 0.6) is 0 Å². The van der Waals surface area contributed by atoms with Gasteiger partial charge in [0.25, 0.3) is 0 Å². The predicted octanol–water partition coefficient (Wildman–Crippen LogP) is 20.7. The molecule has 15 aromatic rings. The highest BCUT2D eigenvalue weighted by Gasteiger charge is 2.35. The van der Waals surface area contributed by atoms with Gasteiger partial charge in [0.15, 0.2) is 28.9 Å². The summed E-state index contributed by atoms with van der Waals surface area (Å²) in [6.07, 6.45) is 38.2. The van der Waals surface area contributed by atoms with Crippen LogP contribution < -0.4 is 0 Å². The van der Waals surface area contributed by atoms with Gasteiger partial charge >= 0.3 is 0 Å². The van der Waals surface area contributed by atoms with Crippen LogP contribution in [0.4, 0.5) is 4.39 Å². The maximum absolute atomic E-state index is 14.6. The van der Waals surface area contributed by atoms with Crippen LogP contribution in [0.3, 0.4) is 0 Å². The number of hydrogen-bond acceptors (Lipinski definition) is 16. The third-order valence-corrected chi connectivity index (χ3v) is 24.6. The lowest BCUT2D eigenvalue weighted by molar-refractivity contribution is 0.0999. The van der Waals surface area contributed by atoms with Gasteiger partial charge in [0, 0.05) is 127 Å². The van der Waals surface area contributed by atoms with Gasteiger partial charge in [-0.1, -0.05) is 130 Å². The number of ketones is 5. The summed E-state index contributed by atoms with van der Waals surface area (Å²) in [7, 11) is 0. The highest BCUT2D eigenvalue weighted by atomic mass is 127. The van der Waals surface area contributed by atoms with Crippen LogP contribution in [0.25, 0.3) is 28.4 Å². The van der Waals surface area contributed by atoms with Crippen LogP contribution in [-0.2, 0) is 0 Å². The zero-order valence-corrected chi connectivity index (χ0v) is 77.5. The van der Waals surface area contributed by atoms with Gasteiger partial charge in [-0.2, -0.15) is 0 Å². The zero-order valence-electron chi connectivity index (χ0n) is 73.8. The van der Waals surface area contributed by atoms with E-state index in [1.54, 1.807) is 56.0 Å². The molecular weight excluding hydrogens is 1840 g/mol. The number of halogens is 3. The normalized spacial score (nSPS) is 15.2. The summed E-state index contributed by atoms with van der Waals surface area (Å²) >= 11 is 5.95. The van der Waals surface area contributed by atoms with Crippen LogP contribution >= 0.6 is 38.5 Å². The summed E-state index contributed by atoms with van der Waals surface area (Å²) in [5.41, 5.74) is 26.6. The fourth-order valence-corrected chi connectivity index (χ4v) is 18.1. The number of rotatable bonds is 10. The van der Waals surface area contributed by atoms with Gasteiger partial charge in [0.05, 0.1) is 121 Å². The SMILES string of the molecule is C#Cc1ccc2c(c1)C(c1ccccc1)=N[C@H](C)c1c(C(C)=O)ncn1-2.C#Cc1ccc2c(c1)C(c1ccccc1Br)=N[C@H](C)c1c(C(C)=O)ncn1-2.C#Cc1ccc2c(c1)C(c1ccccc1F)=N[C@H](C)c1c(C(C)=O)ncn1-2.C#Cc1ccc2c(c1)C(c1ccccc1I)=N[C@H](C)c1c(C(C)=O)ncn1-2.C#Cc1ccc2c(c1)C(c1ccccn1)=N[C@H](C)c1c(C(C)=O)ncn1-2. The fourth-order valence-electron chi connectivity index (χ4n) is 17.0. The van der Waals surface area contributed by atoms with E-state index < -0.39 is 0 Å². The quantitative estimate of drug-likeness (QED) is 0.0707. The molecule has 0 fully saturated rings. The van der Waals surface area contributed by atoms with Gasteiger partial charge in [0.2, 0.25) is 0 Å². The number of nitrogens with zero attached hydrogens (tertiary/aromatic N) is 16. The van der Waals surface area contributed by atoms with E-state index >= 15 is 0 Å². The Morgan fingerprint density at radius 1 is 0.316 bits per heavy atom. The molecule has 5 atom stereocenters. The van der Waals surface area contributed by atoms with Gasteiger partial charge in [-0.3, -0.25) is 76.8 Å². The molecule has 0 unspecified atom stereocenters. The van der Waals surface area contributed by atoms with Crippen molar-refractivity contribution < 1.29 is 28.4 Å². The summed E-state index contributed by atoms with van der Waals surface area (Å²) < 4.78 is 26.3. The Bertz CT molecular complexity index is 7120. The third kappa shape index (κ3) is 17.5. The molecular formula is C109H81BrFIN16O5. The third-order valence-electron chi connectivity index (χ3n) is 23.0. The first-order chi connectivity index (χ1) is 64.2. The molecule has 0 saturated carbocycles. The lowest BCUT2D eigenvalue weighted by atomic mass is 9.98. The van der Waals surface area contributed by atoms with Crippen LogP contribution in [0.15, 0.2) is 280 Å². The maximum Gasteiger partial charge on any atom is 0.180 e. The number of terminal acetylenes is 5. The van der Waals surface area contributed by atoms with Gasteiger partial charge < -0.3 is 0 Å². The predicted molar refractivity (Wildman–Crippen MR) is 528 cm³/mol. The minimum Gasteiger partial charge on any atom is -0.300 e. The molecule has 5 aliphatic heterocycles. The number of aliphatic imine (C=N–C) groups is 5. The van der Waals surface area contributed by atoms with Crippen LogP contribution in [0.1, 0.15) is 264 Å². The number of Topliss-reactive ketones (excluding diaryl/α,β-unsaturated/α-hetero) is 5. The van der Waals surface area contributed by atoms with Crippen LogP contribution in [-0.4, -0.2) is 110 Å². The molecule has 24 heteroatoms. The first-order valence-corrected chi connectivity index (χ1v) is 44.2. The Hall–Kier alpha value is -16.2. The van der Waals surface area contributed by atoms with E-state index in [9.17, 15) is 28.4 Å². The number of aromatic nitrogens is 11. The van der Waals surface area contributed by atoms with E-state index in [1.165, 1.54) is 40.7 Å². The number of imidazole rings is 5. The molecule has 9 aromatic carbocycles. The van der Waals surface area contributed by atoms with E-state index in [0.717, 1.165) is 149 Å². The summed E-state index contributed by atoms with van der Waals surface area (Å²) in [6.45, 7) is 17.4. The Morgan fingerprint density at radius 2 is 0.594 bits per heavy atom. The van der Waals surface area contributed by atoms with Crippen molar-refractivity contribution in [2.45, 2.75) is 99.4 Å². The molecule has 21 nitrogen and oxygen atoms in total. The highest BCUT2D eigenvalue weighted by molar-refractivity contribution is 14.1. The number of fused-ring (bicyclic) bond motifs is 15. The number of carbonyl (C=O) groups is 5. The molecule has 0 bridgehead atoms. The number of benzene rings is 9. The highest BCUT2D eigenvalue weighted by Crippen LogP contribution is 2.41. The molecule has 648 valence electrons. The number of carbonyl (C=O) groups excluding carboxylic acids is 5. The Labute approximate surface area is 790 Å². The summed E-state index contributed by atoms with van der Waals surface area (Å²) in [4.78, 5) is 111. The largest absolute Gasteiger partial charge is 0.300 e. The Kier molecular flexibility index (Phi) is 25.9. The van der Waals surface area contributed by atoms with E-state index in [2.05, 4.69) is 110 Å². The van der Waals surface area contributed by atoms with Crippen molar-refractivity contribution in [1.82, 2.24) is 52.7 Å². The van der Waals surface area contributed by atoms with Gasteiger partial charge in [-0.15, -0.1) is 32.1 Å². The Morgan fingerprint density at radius 3 is 0.917 bits per heavy atom. The van der Waals surface area contributed by atoms with E-state index in [0.29, 0.717) is 56.6 Å². The molecule has 0 saturated heterocycles. The smallest absolute Gasteiger partial charge is 0.180 e. The first-order valence-electron chi connectivity index (χ1n) is 42.3. The summed E-state index contributed by atoms with van der Waals surface area (Å²) in [6, 6.07) is 65.7. The monoisotopic (exact) mass is 1920 g/mol. The lowest BCUT2D eigenvalue weighted by Gasteiger charge is -2.13. The second-order valence-electron chi connectivity index (χ2n) is 31.7. The molecule has 0 spiro atoms. The molecule has 0 aliphatic carbocycles. The molecule has 5 aliphatic rings. The Balaban J connectivity index is 0.000000121. The minimum atomic E-state index is -0.386. The molecule has 11 heterocycles. The first kappa shape index (κ1) is 90.2. The van der Waals surface area contributed by atoms with E-state index in [-0.39, 0.29) is 64.9 Å². The number of hydrogen-bond donors (Lipinski definition) is 0. The topological polar surface area (TPSA) is 249 Å². The molecule has 0 amide bonds. The van der Waals surface area contributed by atoms with Crippen molar-refractivity contribution in [3.05, 3.63) is 405 Å². The molecule has 6 aromatic heterocycles. The molecule has 0 radical (unpaired) electrons. The molecule has 20 rings (SSSR count). The average molecular weight is 1920 g/mol. The molecule has 133 heavy (non-hydrogen) atoms. The van der Waals surface area contributed by atoms with Crippen molar-refractivity contribution in [3.8, 4) is 90.2 Å². The van der Waals surface area contributed by atoms with Crippen molar-refractivity contribution in [1.29, 1.82) is 0 Å². The summed E-state index contributed by atoms with van der Waals surface area (Å²) in [5, 5.41) is 0. The van der Waals surface area contributed by atoms with Gasteiger partial charge in [0.1, 0.15) is 65.9 Å². The second kappa shape index (κ2) is 38.2. The van der Waals surface area contributed by atoms with Gasteiger partial charge in [-0.05, 0) is 185 Å². The summed E-state index contributed by atoms with van der Waals surface area (Å²) in [5.74, 6) is 12.6. The van der Waals surface area contributed by atoms with Gasteiger partial charge in [-0.25, -0.2) is 29.3 Å². The van der Waals surface area contributed by atoms with Crippen LogP contribution in [0.2, 0.25) is 0 Å². The van der Waals surface area contributed by atoms with Crippen LogP contribution in [0, 0.1) is 71.1 Å². The van der Waals surface area contributed by atoms with Crippen molar-refractivity contribution >= 4 is 96.0 Å². The molecule has 0 N–H and O–H groups in total. The minimum absolute atomic E-state index is 0.0641. The van der Waals surface area contributed by atoms with Crippen molar-refractivity contribution in [3.63, 3.8) is 0 Å². The second-order valence-corrected chi connectivity index (χ2v) is 33.7. The fraction of sp³-hybridized carbons (Fsp3) is 0.138. The van der Waals surface area contributed by atoms with E-state index in [4.69, 9.17) is 57.1 Å². The average Bonchev–Trinajstić information content (AvgIpc) is 1.63. The van der Waals surface area contributed by atoms with Crippen molar-refractivity contribution in [2.24, 2.45) is 25.0 Å². The maximum atomic E-state index is 14.6. The van der Waals surface area contributed by atoms with Crippen molar-refractivity contribution in [2.75, 3.05) is 0 Å². The standard InChI is InChI=1S/C22H16BrN3O.C22H16FN3O.C22H16IN3O.C22H17N3O.C21H16N4O/c3*1-4-15-9-10-19-17(11-15)21(16-7-5-6-8-18(16)23)25-13(2)22-20(14(3)27)24-12-26(19)22;1-4-16-10-11-19-18(12-16)21(17-8-6-5-7-9-17)24-14(2)22-20(15(3)26)23-13-25(19)22;1-4-15-8-9-18-16(11-15)20(17-7-5-6-10-22-17)24-13(2)21-19(14(3)26)23-12-25(18)21/h3*1,5-13H,2-3H3;1,5-14H,2-3H3;1,5-13H,2-3H3/t3*13-;14-;13-/m11111/s1. The zero-order chi connectivity index (χ0) is 93.9. The van der Waals surface area contributed by atoms with E-state index in [1.807, 2.05) is 233 Å². The lowest BCUT2D eigenvalue weighted by Crippen LogP contribution is -2.09. The number of pyridine rings is 1.